The molecule has 1 unspecified atom stereocenters. The molecule has 1 atom stereocenters. The summed E-state index contributed by atoms with van der Waals surface area (Å²) in [6.45, 7) is 2.08. The first-order valence-electron chi connectivity index (χ1n) is 8.58. The second-order valence-corrected chi connectivity index (χ2v) is 10.4. The molecule has 0 spiro atoms. The molecule has 2 heterocycles. The van der Waals surface area contributed by atoms with Crippen LogP contribution >= 0.6 is 18.6 Å². The van der Waals surface area contributed by atoms with E-state index >= 15 is 0 Å². The molecule has 2 N–H and O–H groups in total. The summed E-state index contributed by atoms with van der Waals surface area (Å²) in [6.07, 6.45) is -1.56. The molecule has 0 bridgehead atoms. The van der Waals surface area contributed by atoms with E-state index in [-0.39, 0.29) is 0 Å². The Hall–Kier alpha value is -2.21. The van der Waals surface area contributed by atoms with Crippen LogP contribution in [0.25, 0.3) is 5.69 Å². The molecule has 1 aliphatic heterocycles. The number of hydrogen-bond acceptors (Lipinski definition) is 4. The molecule has 138 valence electrons. The van der Waals surface area contributed by atoms with Crippen LogP contribution in [0, 0.1) is 0 Å². The normalized spacial score (nSPS) is 18.4. The molecule has 0 radical (unpaired) electrons. The van der Waals surface area contributed by atoms with Crippen LogP contribution in [0.1, 0.15) is 18.2 Å². The summed E-state index contributed by atoms with van der Waals surface area (Å²) >= 11 is 11.7. The van der Waals surface area contributed by atoms with E-state index in [9.17, 15) is 0 Å². The summed E-state index contributed by atoms with van der Waals surface area (Å²) in [5.74, 6) is 1.66. The number of aryl methyl sites for hydroxylation is 1. The van der Waals surface area contributed by atoms with Gasteiger partial charge in [0.25, 0.3) is 0 Å². The van der Waals surface area contributed by atoms with Crippen molar-refractivity contribution in [1.29, 1.82) is 0 Å². The zero-order valence-electron chi connectivity index (χ0n) is 15.0. The van der Waals surface area contributed by atoms with Gasteiger partial charge in [-0.2, -0.15) is 5.10 Å². The third kappa shape index (κ3) is 3.16. The number of ether oxygens (including phenoxy) is 1. The summed E-state index contributed by atoms with van der Waals surface area (Å²) in [5.41, 5.74) is 2.86. The molecule has 0 amide bonds. The van der Waals surface area contributed by atoms with E-state index in [2.05, 4.69) is 17.1 Å². The van der Waals surface area contributed by atoms with Crippen molar-refractivity contribution in [2.24, 2.45) is 0 Å². The van der Waals surface area contributed by atoms with Gasteiger partial charge in [-0.05, 0) is 54.6 Å². The topological polar surface area (TPSA) is 51.1 Å². The van der Waals surface area contributed by atoms with E-state index in [1.807, 2.05) is 59.3 Å². The molecule has 3 aromatic rings. The number of rotatable bonds is 4. The highest BCUT2D eigenvalue weighted by atomic mass is 32.4. The predicted octanol–water partition coefficient (Wildman–Crippen LogP) is 3.77. The maximum Gasteiger partial charge on any atom is 0.150 e. The first-order chi connectivity index (χ1) is 13.1. The first kappa shape index (κ1) is 18.2. The van der Waals surface area contributed by atoms with Crippen molar-refractivity contribution >= 4 is 46.5 Å². The summed E-state index contributed by atoms with van der Waals surface area (Å²) in [4.78, 5) is 0.655. The Balaban J connectivity index is 1.84. The van der Waals surface area contributed by atoms with Gasteiger partial charge in [-0.25, -0.2) is 4.68 Å². The molecule has 0 aliphatic carbocycles. The third-order valence-electron chi connectivity index (χ3n) is 4.48. The van der Waals surface area contributed by atoms with Crippen LogP contribution in [0.15, 0.2) is 54.6 Å². The highest BCUT2D eigenvalue weighted by Crippen LogP contribution is 2.47. The van der Waals surface area contributed by atoms with Crippen molar-refractivity contribution in [3.63, 3.8) is 0 Å². The van der Waals surface area contributed by atoms with Gasteiger partial charge in [-0.3, -0.25) is 0 Å². The van der Waals surface area contributed by atoms with E-state index in [1.165, 1.54) is 0 Å². The van der Waals surface area contributed by atoms with Crippen LogP contribution < -0.4 is 20.2 Å². The van der Waals surface area contributed by atoms with Crippen LogP contribution in [-0.4, -0.2) is 21.9 Å². The fraction of sp³-hybridized carbons (Fsp3) is 0.158. The van der Waals surface area contributed by atoms with Gasteiger partial charge in [0.15, 0.2) is 0 Å². The van der Waals surface area contributed by atoms with Gasteiger partial charge in [0.1, 0.15) is 22.9 Å². The highest BCUT2D eigenvalue weighted by Gasteiger charge is 2.33. The van der Waals surface area contributed by atoms with E-state index in [0.717, 1.165) is 40.2 Å². The number of hydrogen-bond donors (Lipinski definition) is 2. The number of nitrogens with zero attached hydrogens (tertiary/aromatic N) is 2. The summed E-state index contributed by atoms with van der Waals surface area (Å²) in [6, 6.07) is 17.8. The lowest BCUT2D eigenvalue weighted by atomic mass is 10.2. The van der Waals surface area contributed by atoms with Crippen molar-refractivity contribution < 1.29 is 4.74 Å². The highest BCUT2D eigenvalue weighted by molar-refractivity contribution is 8.18. The Morgan fingerprint density at radius 3 is 2.41 bits per heavy atom. The molecule has 8 heteroatoms. The van der Waals surface area contributed by atoms with Gasteiger partial charge in [-0.1, -0.05) is 37.3 Å². The van der Waals surface area contributed by atoms with Gasteiger partial charge in [-0.15, -0.1) is 0 Å². The minimum atomic E-state index is -2.35. The SMILES string of the molecule is CCc1nn(-c2ccccc2)c2c1C(=S)NP(=S)(c1ccc(OC)cc1)N2. The van der Waals surface area contributed by atoms with Crippen LogP contribution in [0.4, 0.5) is 5.82 Å². The maximum atomic E-state index is 6.03. The maximum absolute atomic E-state index is 6.03. The Morgan fingerprint density at radius 2 is 1.78 bits per heavy atom. The zero-order chi connectivity index (χ0) is 19.0. The largest absolute Gasteiger partial charge is 0.497 e. The number of thiocarbonyl (C=S) groups is 1. The van der Waals surface area contributed by atoms with Crippen molar-refractivity contribution in [1.82, 2.24) is 14.9 Å². The Bertz CT molecular complexity index is 1050. The fourth-order valence-corrected chi connectivity index (χ4v) is 6.59. The number of para-hydroxylation sites is 1. The molecule has 27 heavy (non-hydrogen) atoms. The van der Waals surface area contributed by atoms with E-state index in [0.29, 0.717) is 4.99 Å². The van der Waals surface area contributed by atoms with Crippen molar-refractivity contribution in [2.75, 3.05) is 12.2 Å². The number of nitrogens with one attached hydrogen (secondary N) is 2. The lowest BCUT2D eigenvalue weighted by Crippen LogP contribution is -2.34. The van der Waals surface area contributed by atoms with E-state index < -0.39 is 6.34 Å². The molecule has 0 saturated heterocycles. The average molecular weight is 414 g/mol. The van der Waals surface area contributed by atoms with Crippen molar-refractivity contribution in [2.45, 2.75) is 13.3 Å². The van der Waals surface area contributed by atoms with Gasteiger partial charge in [0.2, 0.25) is 0 Å². The van der Waals surface area contributed by atoms with Crippen molar-refractivity contribution in [3.8, 4) is 11.4 Å². The monoisotopic (exact) mass is 414 g/mol. The lowest BCUT2D eigenvalue weighted by molar-refractivity contribution is 0.415. The zero-order valence-corrected chi connectivity index (χ0v) is 17.5. The van der Waals surface area contributed by atoms with Crippen molar-refractivity contribution in [3.05, 3.63) is 65.9 Å². The Kier molecular flexibility index (Phi) is 4.76. The second-order valence-electron chi connectivity index (χ2n) is 6.13. The number of aromatic nitrogens is 2. The minimum absolute atomic E-state index is 0.655. The fourth-order valence-electron chi connectivity index (χ4n) is 3.11. The van der Waals surface area contributed by atoms with Crippen LogP contribution in [0.3, 0.4) is 0 Å². The van der Waals surface area contributed by atoms with Gasteiger partial charge in [0, 0.05) is 5.30 Å². The van der Waals surface area contributed by atoms with Gasteiger partial charge in [0.05, 0.1) is 24.1 Å². The van der Waals surface area contributed by atoms with Gasteiger partial charge < -0.3 is 14.9 Å². The summed E-state index contributed by atoms with van der Waals surface area (Å²) < 4.78 is 7.17. The number of benzene rings is 2. The number of anilines is 1. The number of methoxy groups -OCH3 is 1. The third-order valence-corrected chi connectivity index (χ3v) is 8.21. The number of fused-ring (bicyclic) bond motifs is 1. The van der Waals surface area contributed by atoms with E-state index in [1.54, 1.807) is 7.11 Å². The molecule has 0 fully saturated rings. The second kappa shape index (κ2) is 7.08. The molecule has 2 aromatic carbocycles. The predicted molar refractivity (Wildman–Crippen MR) is 118 cm³/mol. The standard InChI is InChI=1S/C19H19N4OPS2/c1-3-16-17-18(23(20-16)13-7-5-4-6-8-13)21-25(27,22-19(17)26)15-11-9-14(24-2)10-12-15/h4-12H,3H2,1-2H3,(H2,21,22,26,27). The molecule has 1 aromatic heterocycles. The van der Waals surface area contributed by atoms with Gasteiger partial charge >= 0.3 is 0 Å². The van der Waals surface area contributed by atoms with Crippen LogP contribution in [0.2, 0.25) is 0 Å². The summed E-state index contributed by atoms with van der Waals surface area (Å²) in [5, 5.41) is 12.7. The molecular weight excluding hydrogens is 395 g/mol. The van der Waals surface area contributed by atoms with Crippen LogP contribution in [-0.2, 0) is 18.2 Å². The molecule has 4 rings (SSSR count). The Morgan fingerprint density at radius 1 is 1.07 bits per heavy atom. The van der Waals surface area contributed by atoms with E-state index in [4.69, 9.17) is 33.9 Å². The smallest absolute Gasteiger partial charge is 0.150 e. The first-order valence-corrected chi connectivity index (χ1v) is 11.8. The molecular formula is C19H19N4OPS2. The lowest BCUT2D eigenvalue weighted by Gasteiger charge is -2.32. The summed E-state index contributed by atoms with van der Waals surface area (Å²) in [7, 11) is 1.65. The quantitative estimate of drug-likeness (QED) is 0.501. The Labute approximate surface area is 168 Å². The molecule has 5 nitrogen and oxygen atoms in total. The average Bonchev–Trinajstić information content (AvgIpc) is 3.07. The molecule has 1 aliphatic rings. The minimum Gasteiger partial charge on any atom is -0.497 e. The molecule has 0 saturated carbocycles. The van der Waals surface area contributed by atoms with Crippen LogP contribution in [0.5, 0.6) is 5.75 Å².